The van der Waals surface area contributed by atoms with E-state index in [0.717, 1.165) is 12.2 Å². The van der Waals surface area contributed by atoms with Crippen LogP contribution in [0.15, 0.2) is 0 Å². The van der Waals surface area contributed by atoms with Gasteiger partial charge in [-0.25, -0.2) is 9.59 Å². The van der Waals surface area contributed by atoms with Crippen molar-refractivity contribution in [1.29, 1.82) is 0 Å². The molecule has 1 amide bonds. The number of rotatable bonds is 8. The smallest absolute Gasteiger partial charge is 0.411 e. The van der Waals surface area contributed by atoms with Crippen molar-refractivity contribution in [3.05, 3.63) is 0 Å². The molecule has 0 bridgehead atoms. The molecule has 1 N–H and O–H groups in total. The highest BCUT2D eigenvalue weighted by Crippen LogP contribution is 2.24. The molecule has 0 saturated carbocycles. The summed E-state index contributed by atoms with van der Waals surface area (Å²) >= 11 is 7.28. The topological polar surface area (TPSA) is 66.8 Å². The molecule has 0 aliphatic heterocycles. The van der Waals surface area contributed by atoms with Gasteiger partial charge in [0.1, 0.15) is 11.6 Å². The highest BCUT2D eigenvalue weighted by atomic mass is 35.5. The highest BCUT2D eigenvalue weighted by molar-refractivity contribution is 7.99. The summed E-state index contributed by atoms with van der Waals surface area (Å²) in [7, 11) is 0. The number of hydrogen-bond acceptors (Lipinski definition) is 4. The molecule has 0 heterocycles. The van der Waals surface area contributed by atoms with Crippen LogP contribution in [-0.2, 0) is 9.53 Å². The standard InChI is InChI=1S/C16H30ClNO4S/c1-15(2,3)18(14(21)22-16(4,5)6)12(13(19)20)8-11-23-10-7-9-17/h12H,7-11H2,1-6H3,(H,19,20)/t12-/m0/s1. The normalized spacial score (nSPS) is 13.5. The largest absolute Gasteiger partial charge is 0.480 e. The second kappa shape index (κ2) is 9.62. The maximum atomic E-state index is 12.5. The van der Waals surface area contributed by atoms with E-state index in [1.807, 2.05) is 20.8 Å². The van der Waals surface area contributed by atoms with E-state index < -0.39 is 29.2 Å². The first-order valence-electron chi connectivity index (χ1n) is 7.79. The van der Waals surface area contributed by atoms with Crippen LogP contribution < -0.4 is 0 Å². The molecule has 0 aliphatic carbocycles. The fraction of sp³-hybridized carbons (Fsp3) is 0.875. The number of hydrogen-bond donors (Lipinski definition) is 1. The molecule has 23 heavy (non-hydrogen) atoms. The molecule has 0 fully saturated rings. The van der Waals surface area contributed by atoms with Gasteiger partial charge in [0, 0.05) is 11.4 Å². The Morgan fingerprint density at radius 3 is 2.13 bits per heavy atom. The lowest BCUT2D eigenvalue weighted by Gasteiger charge is -2.40. The predicted octanol–water partition coefficient (Wildman–Crippen LogP) is 4.23. The van der Waals surface area contributed by atoms with Crippen molar-refractivity contribution < 1.29 is 19.4 Å². The van der Waals surface area contributed by atoms with Crippen molar-refractivity contribution in [2.75, 3.05) is 17.4 Å². The maximum absolute atomic E-state index is 12.5. The number of carbonyl (C=O) groups is 2. The third-order valence-electron chi connectivity index (χ3n) is 2.87. The van der Waals surface area contributed by atoms with E-state index in [4.69, 9.17) is 16.3 Å². The number of halogens is 1. The molecule has 0 aromatic heterocycles. The zero-order chi connectivity index (χ0) is 18.3. The maximum Gasteiger partial charge on any atom is 0.411 e. The molecule has 0 aromatic carbocycles. The van der Waals surface area contributed by atoms with Crippen molar-refractivity contribution in [3.63, 3.8) is 0 Å². The summed E-state index contributed by atoms with van der Waals surface area (Å²) in [4.78, 5) is 25.5. The van der Waals surface area contributed by atoms with Crippen LogP contribution in [0, 0.1) is 0 Å². The van der Waals surface area contributed by atoms with E-state index in [1.54, 1.807) is 32.5 Å². The van der Waals surface area contributed by atoms with Gasteiger partial charge in [-0.3, -0.25) is 4.90 Å². The molecule has 0 aliphatic rings. The molecule has 0 unspecified atom stereocenters. The molecule has 0 saturated heterocycles. The summed E-state index contributed by atoms with van der Waals surface area (Å²) in [5.74, 6) is 1.13. The minimum absolute atomic E-state index is 0.374. The predicted molar refractivity (Wildman–Crippen MR) is 96.5 cm³/mol. The van der Waals surface area contributed by atoms with Crippen LogP contribution in [0.3, 0.4) is 0 Å². The number of amides is 1. The van der Waals surface area contributed by atoms with E-state index in [0.29, 0.717) is 18.1 Å². The van der Waals surface area contributed by atoms with Gasteiger partial charge in [-0.2, -0.15) is 11.8 Å². The van der Waals surface area contributed by atoms with Gasteiger partial charge >= 0.3 is 12.1 Å². The van der Waals surface area contributed by atoms with E-state index in [-0.39, 0.29) is 0 Å². The van der Waals surface area contributed by atoms with Gasteiger partial charge in [0.15, 0.2) is 0 Å². The van der Waals surface area contributed by atoms with Gasteiger partial charge in [-0.15, -0.1) is 11.6 Å². The highest BCUT2D eigenvalue weighted by Gasteiger charge is 2.39. The monoisotopic (exact) mass is 367 g/mol. The van der Waals surface area contributed by atoms with Crippen LogP contribution in [0.5, 0.6) is 0 Å². The van der Waals surface area contributed by atoms with Gasteiger partial charge in [0.25, 0.3) is 0 Å². The number of nitrogens with zero attached hydrogens (tertiary/aromatic N) is 1. The fourth-order valence-electron chi connectivity index (χ4n) is 2.00. The van der Waals surface area contributed by atoms with Crippen LogP contribution in [0.2, 0.25) is 0 Å². The van der Waals surface area contributed by atoms with Gasteiger partial charge in [0.05, 0.1) is 0 Å². The first kappa shape index (κ1) is 22.4. The van der Waals surface area contributed by atoms with Crippen LogP contribution in [-0.4, -0.2) is 56.6 Å². The summed E-state index contributed by atoms with van der Waals surface area (Å²) in [5.41, 5.74) is -1.31. The Morgan fingerprint density at radius 2 is 1.74 bits per heavy atom. The number of thioether (sulfide) groups is 1. The molecule has 1 atom stereocenters. The van der Waals surface area contributed by atoms with Crippen molar-refractivity contribution in [1.82, 2.24) is 4.90 Å². The van der Waals surface area contributed by atoms with E-state index in [1.165, 1.54) is 4.90 Å². The summed E-state index contributed by atoms with van der Waals surface area (Å²) < 4.78 is 5.40. The number of aliphatic carboxylic acids is 1. The molecule has 0 rings (SSSR count). The van der Waals surface area contributed by atoms with E-state index in [9.17, 15) is 14.7 Å². The Hall–Kier alpha value is -0.620. The van der Waals surface area contributed by atoms with Crippen molar-refractivity contribution in [3.8, 4) is 0 Å². The molecule has 7 heteroatoms. The quantitative estimate of drug-likeness (QED) is 0.513. The number of alkyl halides is 1. The fourth-order valence-corrected chi connectivity index (χ4v) is 3.23. The van der Waals surface area contributed by atoms with Crippen LogP contribution in [0.25, 0.3) is 0 Å². The molecule has 0 aromatic rings. The summed E-state index contributed by atoms with van der Waals surface area (Å²) in [6.07, 6.45) is 0.667. The zero-order valence-electron chi connectivity index (χ0n) is 15.0. The molecule has 0 spiro atoms. The minimum Gasteiger partial charge on any atom is -0.480 e. The van der Waals surface area contributed by atoms with Crippen LogP contribution in [0.1, 0.15) is 54.4 Å². The average Bonchev–Trinajstić information content (AvgIpc) is 2.32. The van der Waals surface area contributed by atoms with Gasteiger partial charge < -0.3 is 9.84 Å². The number of carboxylic acid groups (broad SMARTS) is 1. The van der Waals surface area contributed by atoms with Crippen LogP contribution >= 0.6 is 23.4 Å². The first-order chi connectivity index (χ1) is 10.4. The molecule has 5 nitrogen and oxygen atoms in total. The van der Waals surface area contributed by atoms with Gasteiger partial charge in [-0.1, -0.05) is 0 Å². The zero-order valence-corrected chi connectivity index (χ0v) is 16.6. The third-order valence-corrected chi connectivity index (χ3v) is 4.24. The lowest BCUT2D eigenvalue weighted by atomic mass is 10.0. The van der Waals surface area contributed by atoms with Gasteiger partial charge in [-0.05, 0) is 65.9 Å². The summed E-state index contributed by atoms with van der Waals surface area (Å²) in [6, 6.07) is -0.909. The SMILES string of the molecule is CC(C)(C)OC(=O)N([C@@H](CCSCCCCl)C(=O)O)C(C)(C)C. The number of carboxylic acids is 1. The van der Waals surface area contributed by atoms with Crippen LogP contribution in [0.4, 0.5) is 4.79 Å². The Labute approximate surface area is 149 Å². The number of carbonyl (C=O) groups excluding carboxylic acids is 1. The Morgan fingerprint density at radius 1 is 1.17 bits per heavy atom. The molecular formula is C16H30ClNO4S. The Bertz CT molecular complexity index is 391. The Balaban J connectivity index is 5.06. The molecule has 0 radical (unpaired) electrons. The van der Waals surface area contributed by atoms with Crippen molar-refractivity contribution >= 4 is 35.4 Å². The van der Waals surface area contributed by atoms with E-state index >= 15 is 0 Å². The second-order valence-corrected chi connectivity index (χ2v) is 8.92. The van der Waals surface area contributed by atoms with Gasteiger partial charge in [0.2, 0.25) is 0 Å². The number of ether oxygens (including phenoxy) is 1. The Kier molecular flexibility index (Phi) is 9.36. The third kappa shape index (κ3) is 9.30. The van der Waals surface area contributed by atoms with Crippen molar-refractivity contribution in [2.24, 2.45) is 0 Å². The minimum atomic E-state index is -1.01. The lowest BCUT2D eigenvalue weighted by molar-refractivity contribution is -0.145. The lowest BCUT2D eigenvalue weighted by Crippen LogP contribution is -2.56. The summed E-state index contributed by atoms with van der Waals surface area (Å²) in [5, 5.41) is 9.58. The first-order valence-corrected chi connectivity index (χ1v) is 9.48. The van der Waals surface area contributed by atoms with E-state index in [2.05, 4.69) is 0 Å². The molecule has 136 valence electrons. The molecular weight excluding hydrogens is 338 g/mol. The average molecular weight is 368 g/mol. The second-order valence-electron chi connectivity index (χ2n) is 7.32. The summed E-state index contributed by atoms with van der Waals surface area (Å²) in [6.45, 7) is 10.7. The van der Waals surface area contributed by atoms with Crippen molar-refractivity contribution in [2.45, 2.75) is 71.6 Å².